The van der Waals surface area contributed by atoms with Crippen LogP contribution in [0.2, 0.25) is 0 Å². The first-order chi connectivity index (χ1) is 13.3. The van der Waals surface area contributed by atoms with Gasteiger partial charge in [-0.15, -0.1) is 0 Å². The number of nitrogens with one attached hydrogen (secondary N) is 1. The first-order valence-corrected chi connectivity index (χ1v) is 8.54. The van der Waals surface area contributed by atoms with Crippen molar-refractivity contribution in [1.29, 1.82) is 10.5 Å². The Morgan fingerprint density at radius 3 is 2.61 bits per heavy atom. The Kier molecular flexibility index (Phi) is 4.92. The number of aromatic carboxylic acids is 1. The van der Waals surface area contributed by atoms with Crippen molar-refractivity contribution in [1.82, 2.24) is 19.7 Å². The van der Waals surface area contributed by atoms with Crippen LogP contribution in [0.3, 0.4) is 0 Å². The fourth-order valence-electron chi connectivity index (χ4n) is 2.78. The molecule has 0 aromatic carbocycles. The van der Waals surface area contributed by atoms with Gasteiger partial charge in [0.2, 0.25) is 0 Å². The average molecular weight is 375 g/mol. The molecular weight excluding hydrogens is 358 g/mol. The lowest BCUT2D eigenvalue weighted by atomic mass is 10.0. The lowest BCUT2D eigenvalue weighted by Crippen LogP contribution is -2.16. The number of fused-ring (bicyclic) bond motifs is 1. The van der Waals surface area contributed by atoms with Crippen molar-refractivity contribution < 1.29 is 9.90 Å². The summed E-state index contributed by atoms with van der Waals surface area (Å²) in [7, 11) is 0. The van der Waals surface area contributed by atoms with E-state index in [1.165, 1.54) is 16.9 Å². The van der Waals surface area contributed by atoms with Gasteiger partial charge in [0.05, 0.1) is 29.2 Å². The van der Waals surface area contributed by atoms with Crippen molar-refractivity contribution in [3.8, 4) is 18.0 Å². The molecule has 0 fully saturated rings. The largest absolute Gasteiger partial charge is 0.478 e. The number of aromatic nitrogens is 4. The summed E-state index contributed by atoms with van der Waals surface area (Å²) in [6.45, 7) is 5.51. The fourth-order valence-corrected chi connectivity index (χ4v) is 2.78. The molecule has 2 N–H and O–H groups in total. The van der Waals surface area contributed by atoms with Gasteiger partial charge in [-0.3, -0.25) is 0 Å². The summed E-state index contributed by atoms with van der Waals surface area (Å²) in [5, 5.41) is 35.6. The maximum atomic E-state index is 11.5. The fraction of sp³-hybridized carbons (Fsp3) is 0.263. The van der Waals surface area contributed by atoms with Crippen LogP contribution < -0.4 is 5.32 Å². The quantitative estimate of drug-likeness (QED) is 0.693. The molecule has 0 radical (unpaired) electrons. The zero-order valence-electron chi connectivity index (χ0n) is 15.5. The summed E-state index contributed by atoms with van der Waals surface area (Å²) >= 11 is 0. The van der Waals surface area contributed by atoms with Gasteiger partial charge in [-0.25, -0.2) is 14.8 Å². The highest BCUT2D eigenvalue weighted by molar-refractivity contribution is 5.94. The van der Waals surface area contributed by atoms with Gasteiger partial charge in [0.1, 0.15) is 17.7 Å². The number of carbonyl (C=O) groups is 1. The van der Waals surface area contributed by atoms with Crippen molar-refractivity contribution >= 4 is 22.7 Å². The predicted molar refractivity (Wildman–Crippen MR) is 101 cm³/mol. The van der Waals surface area contributed by atoms with E-state index in [4.69, 9.17) is 5.26 Å². The highest BCUT2D eigenvalue weighted by Gasteiger charge is 2.18. The van der Waals surface area contributed by atoms with Crippen molar-refractivity contribution in [3.63, 3.8) is 0 Å². The van der Waals surface area contributed by atoms with E-state index in [-0.39, 0.29) is 17.2 Å². The maximum absolute atomic E-state index is 11.5. The Labute approximate surface area is 160 Å². The molecule has 28 heavy (non-hydrogen) atoms. The first kappa shape index (κ1) is 18.8. The van der Waals surface area contributed by atoms with Crippen LogP contribution in [0.4, 0.5) is 5.69 Å². The molecule has 0 amide bonds. The topological polar surface area (TPSA) is 141 Å². The molecule has 0 aliphatic carbocycles. The van der Waals surface area contributed by atoms with Crippen LogP contribution in [0, 0.1) is 22.7 Å². The van der Waals surface area contributed by atoms with Crippen LogP contribution in [0.15, 0.2) is 24.5 Å². The summed E-state index contributed by atoms with van der Waals surface area (Å²) in [6.07, 6.45) is 2.79. The molecule has 140 valence electrons. The summed E-state index contributed by atoms with van der Waals surface area (Å²) in [5.74, 6) is -0.770. The van der Waals surface area contributed by atoms with Crippen molar-refractivity contribution in [2.75, 3.05) is 5.32 Å². The molecule has 0 spiro atoms. The zero-order chi connectivity index (χ0) is 20.4. The minimum Gasteiger partial charge on any atom is -0.478 e. The van der Waals surface area contributed by atoms with E-state index in [0.29, 0.717) is 28.1 Å². The standard InChI is InChI=1S/C19H17N7O2/c1-10(2)17-12(7-21)4-13-8-23-26(18(13)25-17)16-5-15(24-11(3)6-20)14(9-22-16)19(27)28/h4-5,8-11H,1-3H3,(H,22,24)(H,27,28)/t11-/m1/s1. The molecule has 3 rings (SSSR count). The first-order valence-electron chi connectivity index (χ1n) is 8.54. The SMILES string of the molecule is CC(C)c1nc2c(cnn2-c2cc(N[C@H](C)C#N)c(C(=O)O)cn2)cc1C#N. The number of carboxylic acids is 1. The second-order valence-corrected chi connectivity index (χ2v) is 6.55. The third kappa shape index (κ3) is 3.33. The van der Waals surface area contributed by atoms with E-state index >= 15 is 0 Å². The van der Waals surface area contributed by atoms with Gasteiger partial charge in [-0.05, 0) is 18.9 Å². The van der Waals surface area contributed by atoms with Crippen LogP contribution in [0.1, 0.15) is 48.3 Å². The van der Waals surface area contributed by atoms with Gasteiger partial charge in [0.15, 0.2) is 11.5 Å². The van der Waals surface area contributed by atoms with Crippen LogP contribution in [0.25, 0.3) is 16.9 Å². The summed E-state index contributed by atoms with van der Waals surface area (Å²) in [5.41, 5.74) is 1.85. The molecule has 3 heterocycles. The molecule has 3 aromatic heterocycles. The van der Waals surface area contributed by atoms with Gasteiger partial charge < -0.3 is 10.4 Å². The number of pyridine rings is 2. The molecule has 9 heteroatoms. The molecule has 0 aliphatic heterocycles. The highest BCUT2D eigenvalue weighted by atomic mass is 16.4. The second kappa shape index (κ2) is 7.33. The van der Waals surface area contributed by atoms with Crippen LogP contribution in [0.5, 0.6) is 0 Å². The zero-order valence-corrected chi connectivity index (χ0v) is 15.5. The molecule has 9 nitrogen and oxygen atoms in total. The molecule has 1 atom stereocenters. The summed E-state index contributed by atoms with van der Waals surface area (Å²) in [4.78, 5) is 20.3. The van der Waals surface area contributed by atoms with Gasteiger partial charge >= 0.3 is 5.97 Å². The van der Waals surface area contributed by atoms with Crippen LogP contribution in [-0.2, 0) is 0 Å². The lowest BCUT2D eigenvalue weighted by Gasteiger charge is -2.13. The normalized spacial score (nSPS) is 11.8. The highest BCUT2D eigenvalue weighted by Crippen LogP contribution is 2.25. The molecule has 0 aliphatic rings. The molecular formula is C19H17N7O2. The van der Waals surface area contributed by atoms with Crippen LogP contribution >= 0.6 is 0 Å². The number of hydrogen-bond acceptors (Lipinski definition) is 7. The smallest absolute Gasteiger partial charge is 0.339 e. The van der Waals surface area contributed by atoms with Crippen molar-refractivity contribution in [2.24, 2.45) is 0 Å². The molecule has 3 aromatic rings. The maximum Gasteiger partial charge on any atom is 0.339 e. The molecule has 0 unspecified atom stereocenters. The second-order valence-electron chi connectivity index (χ2n) is 6.55. The molecule has 0 bridgehead atoms. The minimum atomic E-state index is -1.16. The number of hydrogen-bond donors (Lipinski definition) is 2. The summed E-state index contributed by atoms with van der Waals surface area (Å²) in [6, 6.07) is 6.81. The molecule has 0 saturated heterocycles. The predicted octanol–water partition coefficient (Wildman–Crippen LogP) is 2.83. The van der Waals surface area contributed by atoms with E-state index in [1.807, 2.05) is 19.9 Å². The van der Waals surface area contributed by atoms with Gasteiger partial charge in [0.25, 0.3) is 0 Å². The number of nitriles is 2. The third-order valence-corrected chi connectivity index (χ3v) is 4.14. The Morgan fingerprint density at radius 2 is 2.00 bits per heavy atom. The van der Waals surface area contributed by atoms with E-state index in [1.54, 1.807) is 19.2 Å². The Morgan fingerprint density at radius 1 is 1.25 bits per heavy atom. The van der Waals surface area contributed by atoms with Crippen molar-refractivity contribution in [2.45, 2.75) is 32.7 Å². The Bertz CT molecular complexity index is 1150. The van der Waals surface area contributed by atoms with Crippen molar-refractivity contribution in [3.05, 3.63) is 41.3 Å². The van der Waals surface area contributed by atoms with E-state index in [0.717, 1.165) is 0 Å². The number of anilines is 1. The van der Waals surface area contributed by atoms with Crippen LogP contribution in [-0.4, -0.2) is 36.9 Å². The van der Waals surface area contributed by atoms with Gasteiger partial charge in [-0.2, -0.15) is 20.3 Å². The third-order valence-electron chi connectivity index (χ3n) is 4.14. The molecule has 0 saturated carbocycles. The summed E-state index contributed by atoms with van der Waals surface area (Å²) < 4.78 is 1.48. The van der Waals surface area contributed by atoms with Gasteiger partial charge in [-0.1, -0.05) is 13.8 Å². The number of carboxylic acid groups (broad SMARTS) is 1. The number of rotatable bonds is 5. The Hall–Kier alpha value is -3.98. The number of nitrogens with zero attached hydrogens (tertiary/aromatic N) is 6. The van der Waals surface area contributed by atoms with Gasteiger partial charge in [0, 0.05) is 17.6 Å². The minimum absolute atomic E-state index is 0.0402. The lowest BCUT2D eigenvalue weighted by molar-refractivity contribution is 0.0697. The average Bonchev–Trinajstić information content (AvgIpc) is 3.09. The van der Waals surface area contributed by atoms with E-state index in [2.05, 4.69) is 26.5 Å². The Balaban J connectivity index is 2.18. The monoisotopic (exact) mass is 375 g/mol. The van der Waals surface area contributed by atoms with E-state index < -0.39 is 12.0 Å². The van der Waals surface area contributed by atoms with E-state index in [9.17, 15) is 15.2 Å².